The van der Waals surface area contributed by atoms with E-state index in [1.54, 1.807) is 24.3 Å². The number of furan rings is 1. The number of fused-ring (bicyclic) bond motifs is 1. The summed E-state index contributed by atoms with van der Waals surface area (Å²) in [5.41, 5.74) is 2.86. The van der Waals surface area contributed by atoms with E-state index in [2.05, 4.69) is 42.4 Å². The molecule has 3 rings (SSSR count). The van der Waals surface area contributed by atoms with E-state index in [4.69, 9.17) is 13.9 Å². The van der Waals surface area contributed by atoms with Gasteiger partial charge >= 0.3 is 0 Å². The smallest absolute Gasteiger partial charge is 0.271 e. The summed E-state index contributed by atoms with van der Waals surface area (Å²) in [7, 11) is 0. The van der Waals surface area contributed by atoms with Crippen molar-refractivity contribution in [2.45, 2.75) is 0 Å². The summed E-state index contributed by atoms with van der Waals surface area (Å²) in [4.78, 5) is 12.0. The minimum atomic E-state index is -0.349. The first-order chi connectivity index (χ1) is 10.6. The first-order valence-corrected chi connectivity index (χ1v) is 7.90. The fourth-order valence-electron chi connectivity index (χ4n) is 1.83. The molecule has 114 valence electrons. The lowest BCUT2D eigenvalue weighted by molar-refractivity contribution is 0.0954. The number of carbonyl (C=O) groups excluding carboxylic acids is 1. The zero-order valence-corrected chi connectivity index (χ0v) is 14.3. The van der Waals surface area contributed by atoms with Gasteiger partial charge in [-0.2, -0.15) is 5.10 Å². The number of benzene rings is 1. The monoisotopic (exact) mass is 428 g/mol. The van der Waals surface area contributed by atoms with E-state index < -0.39 is 0 Å². The number of nitrogens with one attached hydrogen (secondary N) is 1. The van der Waals surface area contributed by atoms with Crippen LogP contribution in [0, 0.1) is 0 Å². The van der Waals surface area contributed by atoms with Crippen molar-refractivity contribution in [1.82, 2.24) is 5.43 Å². The predicted molar refractivity (Wildman–Crippen MR) is 86.6 cm³/mol. The molecule has 0 aliphatic carbocycles. The molecule has 1 aromatic heterocycles. The van der Waals surface area contributed by atoms with Crippen molar-refractivity contribution in [3.63, 3.8) is 0 Å². The number of ether oxygens (including phenoxy) is 2. The van der Waals surface area contributed by atoms with E-state index in [1.165, 1.54) is 6.21 Å². The number of rotatable bonds is 3. The largest absolute Gasteiger partial charge is 0.486 e. The molecular formula is C14H10Br2N2O4. The van der Waals surface area contributed by atoms with Crippen LogP contribution in [0.5, 0.6) is 11.5 Å². The summed E-state index contributed by atoms with van der Waals surface area (Å²) in [5, 5.41) is 3.85. The molecule has 1 aliphatic heterocycles. The number of hydrazone groups is 1. The van der Waals surface area contributed by atoms with Gasteiger partial charge in [0, 0.05) is 11.6 Å². The zero-order chi connectivity index (χ0) is 15.5. The highest BCUT2D eigenvalue weighted by Gasteiger charge is 2.14. The first kappa shape index (κ1) is 15.1. The normalized spacial score (nSPS) is 13.4. The van der Waals surface area contributed by atoms with Crippen LogP contribution in [0.15, 0.2) is 42.9 Å². The Kier molecular flexibility index (Phi) is 4.49. The van der Waals surface area contributed by atoms with Gasteiger partial charge < -0.3 is 13.9 Å². The first-order valence-electron chi connectivity index (χ1n) is 6.31. The Bertz CT molecular complexity index is 723. The molecular weight excluding hydrogens is 420 g/mol. The van der Waals surface area contributed by atoms with E-state index in [1.807, 2.05) is 0 Å². The van der Waals surface area contributed by atoms with Crippen molar-refractivity contribution >= 4 is 44.0 Å². The zero-order valence-electron chi connectivity index (χ0n) is 11.1. The summed E-state index contributed by atoms with van der Waals surface area (Å²) in [6, 6.07) is 6.70. The van der Waals surface area contributed by atoms with Crippen LogP contribution in [0.4, 0.5) is 0 Å². The summed E-state index contributed by atoms with van der Waals surface area (Å²) in [6.45, 7) is 0.982. The van der Waals surface area contributed by atoms with Crippen LogP contribution in [0.2, 0.25) is 0 Å². The Morgan fingerprint density at radius 2 is 1.95 bits per heavy atom. The van der Waals surface area contributed by atoms with E-state index in [-0.39, 0.29) is 5.91 Å². The molecule has 0 atom stereocenters. The Morgan fingerprint density at radius 1 is 1.18 bits per heavy atom. The van der Waals surface area contributed by atoms with Gasteiger partial charge in [-0.3, -0.25) is 4.79 Å². The molecule has 0 spiro atoms. The summed E-state index contributed by atoms with van der Waals surface area (Å²) >= 11 is 6.51. The number of nitrogens with zero attached hydrogens (tertiary/aromatic N) is 1. The molecule has 0 unspecified atom stereocenters. The number of amides is 1. The Hall–Kier alpha value is -1.80. The van der Waals surface area contributed by atoms with Gasteiger partial charge in [-0.05, 0) is 50.1 Å². The van der Waals surface area contributed by atoms with Gasteiger partial charge in [0.25, 0.3) is 5.91 Å². The van der Waals surface area contributed by atoms with Gasteiger partial charge in [0.2, 0.25) is 0 Å². The van der Waals surface area contributed by atoms with E-state index in [9.17, 15) is 4.79 Å². The van der Waals surface area contributed by atoms with Crippen molar-refractivity contribution in [3.05, 3.63) is 44.7 Å². The number of hydrogen-bond acceptors (Lipinski definition) is 5. The van der Waals surface area contributed by atoms with Crippen LogP contribution in [0.3, 0.4) is 0 Å². The average Bonchev–Trinajstić information content (AvgIpc) is 2.85. The predicted octanol–water partition coefficient (Wildman–Crippen LogP) is 3.34. The molecule has 0 saturated carbocycles. The minimum absolute atomic E-state index is 0.349. The van der Waals surface area contributed by atoms with Crippen LogP contribution in [0.1, 0.15) is 16.1 Å². The lowest BCUT2D eigenvalue weighted by Gasteiger charge is -2.18. The van der Waals surface area contributed by atoms with Crippen molar-refractivity contribution in [2.24, 2.45) is 5.10 Å². The lowest BCUT2D eigenvalue weighted by atomic mass is 10.2. The number of hydrogen-bond donors (Lipinski definition) is 1. The fraction of sp³-hybridized carbons (Fsp3) is 0.143. The molecule has 2 heterocycles. The second-order valence-corrected chi connectivity index (χ2v) is 5.90. The third kappa shape index (κ3) is 3.33. The summed E-state index contributed by atoms with van der Waals surface area (Å²) < 4.78 is 17.5. The van der Waals surface area contributed by atoms with E-state index in [0.29, 0.717) is 40.7 Å². The highest BCUT2D eigenvalue weighted by atomic mass is 79.9. The Labute approximate surface area is 142 Å². The van der Waals surface area contributed by atoms with Gasteiger partial charge in [-0.25, -0.2) is 5.43 Å². The molecule has 2 aromatic rings. The second-order valence-electron chi connectivity index (χ2n) is 4.33. The Balaban J connectivity index is 1.66. The second kappa shape index (κ2) is 6.53. The molecule has 22 heavy (non-hydrogen) atoms. The van der Waals surface area contributed by atoms with Gasteiger partial charge in [0.1, 0.15) is 19.0 Å². The maximum absolute atomic E-state index is 12.0. The molecule has 0 fully saturated rings. The van der Waals surface area contributed by atoms with Gasteiger partial charge in [0.05, 0.1) is 10.7 Å². The maximum Gasteiger partial charge on any atom is 0.271 e. The molecule has 8 heteroatoms. The highest BCUT2D eigenvalue weighted by molar-refractivity contribution is 9.13. The summed E-state index contributed by atoms with van der Waals surface area (Å²) in [5.74, 6) is 1.34. The number of carbonyl (C=O) groups is 1. The molecule has 1 aromatic carbocycles. The van der Waals surface area contributed by atoms with Crippen molar-refractivity contribution in [1.29, 1.82) is 0 Å². The van der Waals surface area contributed by atoms with Gasteiger partial charge in [-0.1, -0.05) is 0 Å². The Morgan fingerprint density at radius 3 is 2.68 bits per heavy atom. The van der Waals surface area contributed by atoms with E-state index in [0.717, 1.165) is 4.47 Å². The third-order valence-corrected chi connectivity index (χ3v) is 4.54. The molecule has 0 radical (unpaired) electrons. The van der Waals surface area contributed by atoms with Crippen LogP contribution >= 0.6 is 31.9 Å². The van der Waals surface area contributed by atoms with Gasteiger partial charge in [0.15, 0.2) is 16.2 Å². The molecule has 0 bridgehead atoms. The minimum Gasteiger partial charge on any atom is -0.486 e. The molecule has 6 nitrogen and oxygen atoms in total. The molecule has 0 saturated heterocycles. The molecule has 1 amide bonds. The fourth-order valence-corrected chi connectivity index (χ4v) is 2.44. The van der Waals surface area contributed by atoms with Gasteiger partial charge in [-0.15, -0.1) is 0 Å². The van der Waals surface area contributed by atoms with E-state index >= 15 is 0 Å². The number of halogens is 2. The van der Waals surface area contributed by atoms with Crippen molar-refractivity contribution in [2.75, 3.05) is 13.2 Å². The quantitative estimate of drug-likeness (QED) is 0.599. The highest BCUT2D eigenvalue weighted by Crippen LogP contribution is 2.30. The van der Waals surface area contributed by atoms with Crippen LogP contribution < -0.4 is 14.9 Å². The van der Waals surface area contributed by atoms with Crippen LogP contribution in [-0.4, -0.2) is 25.3 Å². The third-order valence-electron chi connectivity index (χ3n) is 2.83. The summed E-state index contributed by atoms with van der Waals surface area (Å²) in [6.07, 6.45) is 1.41. The van der Waals surface area contributed by atoms with Crippen molar-refractivity contribution in [3.8, 4) is 11.5 Å². The maximum atomic E-state index is 12.0. The SMILES string of the molecule is O=C(NN=Cc1cc(Br)c(Br)o1)c1ccc2c(c1)OCCO2. The lowest BCUT2D eigenvalue weighted by Crippen LogP contribution is -2.19. The van der Waals surface area contributed by atoms with Crippen LogP contribution in [-0.2, 0) is 0 Å². The molecule has 1 N–H and O–H groups in total. The molecule has 1 aliphatic rings. The average molecular weight is 430 g/mol. The van der Waals surface area contributed by atoms with Crippen molar-refractivity contribution < 1.29 is 18.7 Å². The standard InChI is InChI=1S/C14H10Br2N2O4/c15-10-6-9(22-13(10)16)7-17-18-14(19)8-1-2-11-12(5-8)21-4-3-20-11/h1-2,5-7H,3-4H2,(H,18,19). The van der Waals surface area contributed by atoms with Crippen LogP contribution in [0.25, 0.3) is 0 Å². The topological polar surface area (TPSA) is 73.1 Å².